The Morgan fingerprint density at radius 1 is 1.08 bits per heavy atom. The smallest absolute Gasteiger partial charge is 0.308 e. The first kappa shape index (κ1) is 26.5. The lowest BCUT2D eigenvalue weighted by Gasteiger charge is -2.42. The molecule has 0 radical (unpaired) electrons. The molecule has 0 saturated carbocycles. The molecule has 190 valence electrons. The van der Waals surface area contributed by atoms with Crippen LogP contribution in [-0.4, -0.2) is 42.7 Å². The van der Waals surface area contributed by atoms with Gasteiger partial charge in [0.1, 0.15) is 5.75 Å². The Kier molecular flexibility index (Phi) is 8.30. The number of methoxy groups -OCH3 is 1. The number of hydrogen-bond donors (Lipinski definition) is 1. The van der Waals surface area contributed by atoms with Crippen LogP contribution in [0.4, 0.5) is 0 Å². The number of aryl methyl sites for hydroxylation is 1. The second kappa shape index (κ2) is 11.3. The van der Waals surface area contributed by atoms with Gasteiger partial charge in [-0.25, -0.2) is 8.42 Å². The summed E-state index contributed by atoms with van der Waals surface area (Å²) >= 11 is 7.54. The fourth-order valence-corrected chi connectivity index (χ4v) is 7.87. The zero-order valence-corrected chi connectivity index (χ0v) is 22.4. The maximum atomic E-state index is 13.9. The minimum atomic E-state index is -3.95. The van der Waals surface area contributed by atoms with Crippen LogP contribution in [-0.2, 0) is 20.6 Å². The molecule has 1 aliphatic rings. The number of thioether (sulfide) groups is 1. The summed E-state index contributed by atoms with van der Waals surface area (Å²) in [5.74, 6) is -0.580. The molecule has 1 fully saturated rings. The summed E-state index contributed by atoms with van der Waals surface area (Å²) in [7, 11) is -2.38. The van der Waals surface area contributed by atoms with Gasteiger partial charge in [0.15, 0.2) is 0 Å². The molecular formula is C27H28ClNO5S2. The van der Waals surface area contributed by atoms with Crippen molar-refractivity contribution in [2.75, 3.05) is 13.7 Å². The molecule has 0 aromatic heterocycles. The van der Waals surface area contributed by atoms with Crippen LogP contribution in [0.1, 0.15) is 29.2 Å². The lowest BCUT2D eigenvalue weighted by Crippen LogP contribution is -2.49. The Labute approximate surface area is 221 Å². The van der Waals surface area contributed by atoms with Crippen LogP contribution in [0.5, 0.6) is 5.75 Å². The van der Waals surface area contributed by atoms with Gasteiger partial charge in [0.2, 0.25) is 10.0 Å². The van der Waals surface area contributed by atoms with E-state index in [1.54, 1.807) is 62.2 Å². The van der Waals surface area contributed by atoms with Gasteiger partial charge in [-0.15, -0.1) is 0 Å². The summed E-state index contributed by atoms with van der Waals surface area (Å²) < 4.78 is 34.4. The number of benzene rings is 3. The quantitative estimate of drug-likeness (QED) is 0.385. The van der Waals surface area contributed by atoms with Gasteiger partial charge in [0, 0.05) is 22.6 Å². The summed E-state index contributed by atoms with van der Waals surface area (Å²) in [5, 5.41) is 10.5. The normalized spacial score (nSPS) is 20.7. The minimum absolute atomic E-state index is 0.110. The summed E-state index contributed by atoms with van der Waals surface area (Å²) in [4.78, 5) is 12.5. The Morgan fingerprint density at radius 2 is 1.75 bits per heavy atom. The van der Waals surface area contributed by atoms with E-state index in [4.69, 9.17) is 16.3 Å². The van der Waals surface area contributed by atoms with E-state index in [1.807, 2.05) is 36.4 Å². The average Bonchev–Trinajstić information content (AvgIpc) is 2.88. The molecular weight excluding hydrogens is 518 g/mol. The van der Waals surface area contributed by atoms with Crippen LogP contribution in [0.3, 0.4) is 0 Å². The van der Waals surface area contributed by atoms with Gasteiger partial charge in [-0.2, -0.15) is 16.1 Å². The monoisotopic (exact) mass is 545 g/mol. The van der Waals surface area contributed by atoms with E-state index < -0.39 is 28.0 Å². The minimum Gasteiger partial charge on any atom is -0.497 e. The number of halogens is 1. The lowest BCUT2D eigenvalue weighted by atomic mass is 9.90. The molecule has 3 aromatic rings. The molecule has 3 atom stereocenters. The summed E-state index contributed by atoms with van der Waals surface area (Å²) in [6.07, 6.45) is 0.368. The first-order valence-corrected chi connectivity index (χ1v) is 14.4. The van der Waals surface area contributed by atoms with Crippen molar-refractivity contribution in [1.82, 2.24) is 4.31 Å². The van der Waals surface area contributed by atoms with E-state index in [0.29, 0.717) is 28.5 Å². The first-order valence-electron chi connectivity index (χ1n) is 11.5. The number of piperidine rings is 1. The highest BCUT2D eigenvalue weighted by Gasteiger charge is 2.45. The maximum absolute atomic E-state index is 13.9. The standard InChI is InChI=1S/C27H28ClNO5S2/c1-18-5-3-4-6-26(18)36(32,33)29-16-23(27(30)31)25(35-17-19-7-11-21(28)12-8-19)15-24(29)20-9-13-22(34-2)14-10-20/h3-14,23-25H,15-17H2,1-2H3,(H,30,31)/t23-,24+,25-/m1/s1. The van der Waals surface area contributed by atoms with Crippen molar-refractivity contribution in [2.45, 2.75) is 35.3 Å². The molecule has 1 saturated heterocycles. The van der Waals surface area contributed by atoms with E-state index >= 15 is 0 Å². The molecule has 36 heavy (non-hydrogen) atoms. The average molecular weight is 546 g/mol. The van der Waals surface area contributed by atoms with Gasteiger partial charge in [-0.05, 0) is 60.4 Å². The summed E-state index contributed by atoms with van der Waals surface area (Å²) in [6, 6.07) is 21.0. The topological polar surface area (TPSA) is 83.9 Å². The van der Waals surface area contributed by atoms with Crippen LogP contribution in [0, 0.1) is 12.8 Å². The van der Waals surface area contributed by atoms with Gasteiger partial charge in [0.25, 0.3) is 0 Å². The highest BCUT2D eigenvalue weighted by molar-refractivity contribution is 7.99. The van der Waals surface area contributed by atoms with E-state index in [9.17, 15) is 18.3 Å². The molecule has 0 aliphatic carbocycles. The number of sulfonamides is 1. The van der Waals surface area contributed by atoms with Crippen LogP contribution in [0.25, 0.3) is 0 Å². The molecule has 1 heterocycles. The molecule has 4 rings (SSSR count). The Balaban J connectivity index is 1.71. The second-order valence-electron chi connectivity index (χ2n) is 8.79. The molecule has 0 amide bonds. The SMILES string of the molecule is COc1ccc([C@@H]2C[C@@H](SCc3ccc(Cl)cc3)[C@H](C(=O)O)CN2S(=O)(=O)c2ccccc2C)cc1. The fraction of sp³-hybridized carbons (Fsp3) is 0.296. The van der Waals surface area contributed by atoms with E-state index in [1.165, 1.54) is 4.31 Å². The maximum Gasteiger partial charge on any atom is 0.308 e. The molecule has 0 unspecified atom stereocenters. The van der Waals surface area contributed by atoms with Gasteiger partial charge in [-0.1, -0.05) is 54.1 Å². The molecule has 0 bridgehead atoms. The van der Waals surface area contributed by atoms with Crippen molar-refractivity contribution in [3.8, 4) is 5.75 Å². The number of nitrogens with zero attached hydrogens (tertiary/aromatic N) is 1. The zero-order chi connectivity index (χ0) is 25.9. The number of carbonyl (C=O) groups is 1. The fourth-order valence-electron chi connectivity index (χ4n) is 4.51. The highest BCUT2D eigenvalue weighted by Crippen LogP contribution is 2.43. The van der Waals surface area contributed by atoms with Gasteiger partial charge >= 0.3 is 5.97 Å². The van der Waals surface area contributed by atoms with Gasteiger partial charge in [0.05, 0.1) is 24.0 Å². The number of ether oxygens (including phenoxy) is 1. The molecule has 6 nitrogen and oxygen atoms in total. The van der Waals surface area contributed by atoms with Crippen LogP contribution < -0.4 is 4.74 Å². The van der Waals surface area contributed by atoms with Crippen LogP contribution in [0.15, 0.2) is 77.7 Å². The van der Waals surface area contributed by atoms with Crippen molar-refractivity contribution in [3.05, 3.63) is 94.5 Å². The third-order valence-electron chi connectivity index (χ3n) is 6.50. The highest BCUT2D eigenvalue weighted by atomic mass is 35.5. The number of carboxylic acid groups (broad SMARTS) is 1. The Morgan fingerprint density at radius 3 is 2.36 bits per heavy atom. The number of carboxylic acids is 1. The largest absolute Gasteiger partial charge is 0.497 e. The Hall–Kier alpha value is -2.52. The van der Waals surface area contributed by atoms with Crippen molar-refractivity contribution >= 4 is 39.4 Å². The second-order valence-corrected chi connectivity index (χ2v) is 12.3. The summed E-state index contributed by atoms with van der Waals surface area (Å²) in [6.45, 7) is 1.64. The zero-order valence-electron chi connectivity index (χ0n) is 20.0. The van der Waals surface area contributed by atoms with Crippen molar-refractivity contribution < 1.29 is 23.1 Å². The summed E-state index contributed by atoms with van der Waals surface area (Å²) in [5.41, 5.74) is 2.45. The molecule has 0 spiro atoms. The van der Waals surface area contributed by atoms with Gasteiger partial charge in [-0.3, -0.25) is 4.79 Å². The van der Waals surface area contributed by atoms with E-state index in [2.05, 4.69) is 0 Å². The third-order valence-corrected chi connectivity index (χ3v) is 10.2. The predicted octanol–water partition coefficient (Wildman–Crippen LogP) is 5.80. The van der Waals surface area contributed by atoms with Crippen LogP contribution in [0.2, 0.25) is 5.02 Å². The Bertz CT molecular complexity index is 1310. The van der Waals surface area contributed by atoms with Crippen molar-refractivity contribution in [1.29, 1.82) is 0 Å². The number of aliphatic carboxylic acids is 1. The third kappa shape index (κ3) is 5.72. The van der Waals surface area contributed by atoms with Crippen molar-refractivity contribution in [3.63, 3.8) is 0 Å². The van der Waals surface area contributed by atoms with Crippen LogP contribution >= 0.6 is 23.4 Å². The van der Waals surface area contributed by atoms with E-state index in [0.717, 1.165) is 11.1 Å². The van der Waals surface area contributed by atoms with Crippen molar-refractivity contribution in [2.24, 2.45) is 5.92 Å². The molecule has 1 N–H and O–H groups in total. The number of rotatable bonds is 8. The molecule has 1 aliphatic heterocycles. The molecule has 3 aromatic carbocycles. The molecule has 9 heteroatoms. The van der Waals surface area contributed by atoms with E-state index in [-0.39, 0.29) is 16.7 Å². The van der Waals surface area contributed by atoms with Gasteiger partial charge < -0.3 is 9.84 Å². The predicted molar refractivity (Wildman–Crippen MR) is 143 cm³/mol. The number of hydrogen-bond acceptors (Lipinski definition) is 5. The lowest BCUT2D eigenvalue weighted by molar-refractivity contribution is -0.143. The first-order chi connectivity index (χ1) is 17.2.